The van der Waals surface area contributed by atoms with Gasteiger partial charge in [0.25, 0.3) is 0 Å². The Bertz CT molecular complexity index is 164. The number of hydrogen-bond donors (Lipinski definition) is 1. The van der Waals surface area contributed by atoms with E-state index in [1.54, 1.807) is 13.8 Å². The fraction of sp³-hybridized carbons (Fsp3) is 0.778. The van der Waals surface area contributed by atoms with Crippen molar-refractivity contribution in [1.29, 1.82) is 0 Å². The first-order valence-electron chi connectivity index (χ1n) is 4.33. The van der Waals surface area contributed by atoms with Gasteiger partial charge in [-0.25, -0.2) is 0 Å². The van der Waals surface area contributed by atoms with Crippen molar-refractivity contribution in [2.75, 3.05) is 0 Å². The van der Waals surface area contributed by atoms with Crippen molar-refractivity contribution in [3.8, 4) is 0 Å². The molecule has 0 bridgehead atoms. The first kappa shape index (κ1) is 11.1. The second-order valence-electron chi connectivity index (χ2n) is 3.10. The summed E-state index contributed by atoms with van der Waals surface area (Å²) in [5.41, 5.74) is 0.762. The number of carbonyl (C=O) groups is 1. The van der Waals surface area contributed by atoms with Gasteiger partial charge in [0.15, 0.2) is 0 Å². The van der Waals surface area contributed by atoms with E-state index in [1.165, 1.54) is 0 Å². The largest absolute Gasteiger partial charge is 0.411 e. The van der Waals surface area contributed by atoms with Gasteiger partial charge in [0.05, 0.1) is 5.71 Å². The lowest BCUT2D eigenvalue weighted by Crippen LogP contribution is -1.93. The number of unbranched alkanes of at least 4 members (excludes halogenated alkanes) is 2. The van der Waals surface area contributed by atoms with Crippen molar-refractivity contribution in [3.63, 3.8) is 0 Å². The Morgan fingerprint density at radius 1 is 1.17 bits per heavy atom. The molecule has 0 heterocycles. The van der Waals surface area contributed by atoms with E-state index in [4.69, 9.17) is 5.21 Å². The summed E-state index contributed by atoms with van der Waals surface area (Å²) in [6.45, 7) is 3.41. The minimum atomic E-state index is 0.252. The van der Waals surface area contributed by atoms with Gasteiger partial charge in [0.2, 0.25) is 0 Å². The molecule has 0 spiro atoms. The molecule has 0 saturated heterocycles. The van der Waals surface area contributed by atoms with Crippen molar-refractivity contribution in [2.45, 2.75) is 46.0 Å². The minimum absolute atomic E-state index is 0.252. The van der Waals surface area contributed by atoms with Crippen LogP contribution in [0.5, 0.6) is 0 Å². The zero-order valence-corrected chi connectivity index (χ0v) is 7.84. The highest BCUT2D eigenvalue weighted by molar-refractivity contribution is 5.81. The molecule has 0 atom stereocenters. The summed E-state index contributed by atoms with van der Waals surface area (Å²) >= 11 is 0. The molecule has 1 N–H and O–H groups in total. The van der Waals surface area contributed by atoms with Crippen LogP contribution in [0.25, 0.3) is 0 Å². The van der Waals surface area contributed by atoms with E-state index in [-0.39, 0.29) is 5.78 Å². The van der Waals surface area contributed by atoms with Gasteiger partial charge in [0.1, 0.15) is 5.78 Å². The van der Waals surface area contributed by atoms with Gasteiger partial charge in [0, 0.05) is 6.42 Å². The molecular weight excluding hydrogens is 154 g/mol. The summed E-state index contributed by atoms with van der Waals surface area (Å²) in [4.78, 5) is 10.5. The van der Waals surface area contributed by atoms with Crippen LogP contribution < -0.4 is 0 Å². The second kappa shape index (κ2) is 6.83. The highest BCUT2D eigenvalue weighted by Gasteiger charge is 1.95. The van der Waals surface area contributed by atoms with E-state index in [0.29, 0.717) is 6.42 Å². The molecule has 0 fully saturated rings. The van der Waals surface area contributed by atoms with Gasteiger partial charge >= 0.3 is 0 Å². The number of nitrogens with zero attached hydrogens (tertiary/aromatic N) is 1. The Balaban J connectivity index is 3.16. The zero-order valence-electron chi connectivity index (χ0n) is 7.84. The van der Waals surface area contributed by atoms with Crippen LogP contribution in [0, 0.1) is 0 Å². The molecule has 3 nitrogen and oxygen atoms in total. The average Bonchev–Trinajstić information content (AvgIpc) is 2.03. The van der Waals surface area contributed by atoms with E-state index < -0.39 is 0 Å². The number of hydrogen-bond acceptors (Lipinski definition) is 3. The summed E-state index contributed by atoms with van der Waals surface area (Å²) in [7, 11) is 0. The molecule has 12 heavy (non-hydrogen) atoms. The van der Waals surface area contributed by atoms with Crippen LogP contribution in [-0.2, 0) is 4.79 Å². The summed E-state index contributed by atoms with van der Waals surface area (Å²) < 4.78 is 0. The summed E-state index contributed by atoms with van der Waals surface area (Å²) in [6, 6.07) is 0. The summed E-state index contributed by atoms with van der Waals surface area (Å²) in [5.74, 6) is 0.252. The normalized spacial score (nSPS) is 11.7. The second-order valence-corrected chi connectivity index (χ2v) is 3.10. The Kier molecular flexibility index (Phi) is 6.34. The van der Waals surface area contributed by atoms with Crippen LogP contribution in [0.4, 0.5) is 0 Å². The molecule has 0 amide bonds. The van der Waals surface area contributed by atoms with Crippen molar-refractivity contribution < 1.29 is 10.0 Å². The molecule has 0 aliphatic carbocycles. The number of carbonyl (C=O) groups excluding carboxylic acids is 1. The number of ketones is 1. The molecule has 0 aromatic heterocycles. The number of rotatable bonds is 6. The topological polar surface area (TPSA) is 49.7 Å². The lowest BCUT2D eigenvalue weighted by molar-refractivity contribution is -0.117. The van der Waals surface area contributed by atoms with Gasteiger partial charge in [-0.2, -0.15) is 0 Å². The van der Waals surface area contributed by atoms with Crippen molar-refractivity contribution in [1.82, 2.24) is 0 Å². The van der Waals surface area contributed by atoms with Gasteiger partial charge in [-0.15, -0.1) is 0 Å². The van der Waals surface area contributed by atoms with E-state index in [0.717, 1.165) is 31.4 Å². The maximum atomic E-state index is 10.5. The molecule has 0 unspecified atom stereocenters. The first-order chi connectivity index (χ1) is 5.66. The van der Waals surface area contributed by atoms with Crippen molar-refractivity contribution in [2.24, 2.45) is 5.16 Å². The van der Waals surface area contributed by atoms with Gasteiger partial charge < -0.3 is 10.0 Å². The molecule has 0 aliphatic rings. The summed E-state index contributed by atoms with van der Waals surface area (Å²) in [6.07, 6.45) is 4.49. The molecule has 0 radical (unpaired) electrons. The van der Waals surface area contributed by atoms with E-state index in [1.807, 2.05) is 0 Å². The van der Waals surface area contributed by atoms with E-state index in [9.17, 15) is 4.79 Å². The van der Waals surface area contributed by atoms with Crippen LogP contribution in [0.1, 0.15) is 46.0 Å². The Hall–Kier alpha value is -0.860. The lowest BCUT2D eigenvalue weighted by atomic mass is 10.1. The first-order valence-corrected chi connectivity index (χ1v) is 4.33. The predicted octanol–water partition coefficient (Wildman–Crippen LogP) is 2.38. The molecule has 3 heteroatoms. The molecule has 0 aliphatic heterocycles. The number of Topliss-reactive ketones (excluding diaryl/α,β-unsaturated/α-hetero) is 1. The van der Waals surface area contributed by atoms with Gasteiger partial charge in [-0.05, 0) is 33.1 Å². The molecular formula is C9H17NO2. The fourth-order valence-corrected chi connectivity index (χ4v) is 0.982. The highest BCUT2D eigenvalue weighted by atomic mass is 16.4. The van der Waals surface area contributed by atoms with Gasteiger partial charge in [-0.3, -0.25) is 0 Å². The maximum absolute atomic E-state index is 10.5. The SMILES string of the molecule is CC(=O)CCCCCC(C)=NO. The predicted molar refractivity (Wildman–Crippen MR) is 48.7 cm³/mol. The average molecular weight is 171 g/mol. The third-order valence-corrected chi connectivity index (χ3v) is 1.74. The van der Waals surface area contributed by atoms with E-state index in [2.05, 4.69) is 5.16 Å². The van der Waals surface area contributed by atoms with Crippen LogP contribution in [0.2, 0.25) is 0 Å². The smallest absolute Gasteiger partial charge is 0.129 e. The molecule has 0 aromatic carbocycles. The molecule has 0 rings (SSSR count). The quantitative estimate of drug-likeness (QED) is 0.288. The Labute approximate surface area is 73.5 Å². The minimum Gasteiger partial charge on any atom is -0.411 e. The van der Waals surface area contributed by atoms with Crippen LogP contribution in [0.3, 0.4) is 0 Å². The van der Waals surface area contributed by atoms with E-state index >= 15 is 0 Å². The Morgan fingerprint density at radius 3 is 2.25 bits per heavy atom. The standard InChI is InChI=1S/C9H17NO2/c1-8(10-12)6-4-3-5-7-9(2)11/h12H,3-7H2,1-2H3. The van der Waals surface area contributed by atoms with Crippen molar-refractivity contribution in [3.05, 3.63) is 0 Å². The monoisotopic (exact) mass is 171 g/mol. The maximum Gasteiger partial charge on any atom is 0.129 e. The number of oxime groups is 1. The summed E-state index contributed by atoms with van der Waals surface area (Å²) in [5, 5.41) is 11.4. The molecule has 0 saturated carbocycles. The third-order valence-electron chi connectivity index (χ3n) is 1.74. The highest BCUT2D eigenvalue weighted by Crippen LogP contribution is 2.04. The molecule has 0 aromatic rings. The van der Waals surface area contributed by atoms with Crippen LogP contribution in [-0.4, -0.2) is 16.7 Å². The third kappa shape index (κ3) is 7.25. The zero-order chi connectivity index (χ0) is 9.40. The fourth-order valence-electron chi connectivity index (χ4n) is 0.982. The van der Waals surface area contributed by atoms with Crippen molar-refractivity contribution >= 4 is 11.5 Å². The molecule has 70 valence electrons. The van der Waals surface area contributed by atoms with Gasteiger partial charge in [-0.1, -0.05) is 11.6 Å². The van der Waals surface area contributed by atoms with Crippen LogP contribution in [0.15, 0.2) is 5.16 Å². The lowest BCUT2D eigenvalue weighted by Gasteiger charge is -1.97. The Morgan fingerprint density at radius 2 is 1.75 bits per heavy atom. The van der Waals surface area contributed by atoms with Crippen LogP contribution >= 0.6 is 0 Å².